The van der Waals surface area contributed by atoms with Crippen LogP contribution in [0.4, 0.5) is 5.69 Å². The molecular weight excluding hydrogens is 332 g/mol. The van der Waals surface area contributed by atoms with Crippen molar-refractivity contribution in [1.82, 2.24) is 4.90 Å². The molecular formula is C16H16N2O7. The summed E-state index contributed by atoms with van der Waals surface area (Å²) < 4.78 is 4.80. The molecule has 0 fully saturated rings. The van der Waals surface area contributed by atoms with Crippen molar-refractivity contribution in [2.45, 2.75) is 19.9 Å². The molecule has 25 heavy (non-hydrogen) atoms. The van der Waals surface area contributed by atoms with Gasteiger partial charge in [-0.15, -0.1) is 0 Å². The minimum absolute atomic E-state index is 0.0985. The van der Waals surface area contributed by atoms with Gasteiger partial charge in [-0.05, 0) is 19.4 Å². The summed E-state index contributed by atoms with van der Waals surface area (Å²) in [6.07, 6.45) is 0. The maximum Gasteiger partial charge on any atom is 0.325 e. The van der Waals surface area contributed by atoms with Crippen LogP contribution in [0.5, 0.6) is 0 Å². The fraction of sp³-hybridized carbons (Fsp3) is 0.312. The minimum Gasteiger partial charge on any atom is -0.503 e. The van der Waals surface area contributed by atoms with Gasteiger partial charge in [0.1, 0.15) is 6.54 Å². The summed E-state index contributed by atoms with van der Waals surface area (Å²) in [5.41, 5.74) is -0.216. The largest absolute Gasteiger partial charge is 0.503 e. The molecule has 0 radical (unpaired) electrons. The van der Waals surface area contributed by atoms with E-state index in [0.717, 1.165) is 11.8 Å². The fourth-order valence-corrected chi connectivity index (χ4v) is 2.68. The van der Waals surface area contributed by atoms with E-state index < -0.39 is 40.9 Å². The van der Waals surface area contributed by atoms with Crippen LogP contribution < -0.4 is 0 Å². The average molecular weight is 348 g/mol. The van der Waals surface area contributed by atoms with Crippen LogP contribution in [0.15, 0.2) is 35.6 Å². The molecule has 1 heterocycles. The number of nitro groups is 1. The van der Waals surface area contributed by atoms with Gasteiger partial charge in [0.15, 0.2) is 11.5 Å². The zero-order valence-corrected chi connectivity index (χ0v) is 13.6. The molecule has 1 atom stereocenters. The SMILES string of the molecule is CCOC(=O)CN1C(=O)C(O)=C(C(C)=O)[C@@H]1c1cccc([N+](=O)[O-])c1. The first kappa shape index (κ1) is 18.1. The lowest BCUT2D eigenvalue weighted by atomic mass is 9.96. The van der Waals surface area contributed by atoms with Crippen molar-refractivity contribution in [3.63, 3.8) is 0 Å². The molecule has 0 bridgehead atoms. The summed E-state index contributed by atoms with van der Waals surface area (Å²) in [5.74, 6) is -2.97. The van der Waals surface area contributed by atoms with E-state index in [1.54, 1.807) is 6.92 Å². The van der Waals surface area contributed by atoms with E-state index >= 15 is 0 Å². The van der Waals surface area contributed by atoms with Crippen LogP contribution >= 0.6 is 0 Å². The molecule has 0 aliphatic carbocycles. The number of nitro benzene ring substituents is 1. The van der Waals surface area contributed by atoms with Crippen molar-refractivity contribution in [3.8, 4) is 0 Å². The number of benzene rings is 1. The van der Waals surface area contributed by atoms with Gasteiger partial charge in [0, 0.05) is 12.1 Å². The third kappa shape index (κ3) is 3.49. The Labute approximate surface area is 142 Å². The molecule has 9 nitrogen and oxygen atoms in total. The highest BCUT2D eigenvalue weighted by Gasteiger charge is 2.43. The molecule has 0 saturated carbocycles. The molecule has 1 N–H and O–H groups in total. The van der Waals surface area contributed by atoms with Gasteiger partial charge < -0.3 is 14.7 Å². The molecule has 0 aromatic heterocycles. The van der Waals surface area contributed by atoms with Gasteiger partial charge in [-0.1, -0.05) is 12.1 Å². The van der Waals surface area contributed by atoms with Gasteiger partial charge in [0.2, 0.25) is 0 Å². The van der Waals surface area contributed by atoms with E-state index in [9.17, 15) is 29.6 Å². The second-order valence-electron chi connectivity index (χ2n) is 5.31. The lowest BCUT2D eigenvalue weighted by molar-refractivity contribution is -0.384. The van der Waals surface area contributed by atoms with Gasteiger partial charge in [-0.3, -0.25) is 24.5 Å². The highest BCUT2D eigenvalue weighted by molar-refractivity contribution is 6.08. The van der Waals surface area contributed by atoms with E-state index in [-0.39, 0.29) is 23.4 Å². The number of ketones is 1. The lowest BCUT2D eigenvalue weighted by Crippen LogP contribution is -2.36. The topological polar surface area (TPSA) is 127 Å². The summed E-state index contributed by atoms with van der Waals surface area (Å²) in [7, 11) is 0. The summed E-state index contributed by atoms with van der Waals surface area (Å²) in [6, 6.07) is 4.22. The second-order valence-corrected chi connectivity index (χ2v) is 5.31. The first-order valence-electron chi connectivity index (χ1n) is 7.42. The van der Waals surface area contributed by atoms with E-state index in [1.165, 1.54) is 24.3 Å². The number of carbonyl (C=O) groups is 3. The molecule has 0 unspecified atom stereocenters. The second kappa shape index (κ2) is 7.12. The maximum absolute atomic E-state index is 12.3. The molecule has 1 aromatic rings. The number of hydrogen-bond donors (Lipinski definition) is 1. The quantitative estimate of drug-likeness (QED) is 0.468. The summed E-state index contributed by atoms with van der Waals surface area (Å²) in [6.45, 7) is 2.36. The molecule has 0 spiro atoms. The number of non-ortho nitro benzene ring substituents is 1. The lowest BCUT2D eigenvalue weighted by Gasteiger charge is -2.25. The molecule has 1 aromatic carbocycles. The standard InChI is InChI=1S/C16H16N2O7/c1-3-25-12(20)8-17-14(13(9(2)19)15(21)16(17)22)10-5-4-6-11(7-10)18(23)24/h4-7,14,21H,3,8H2,1-2H3/t14-/m0/s1. The van der Waals surface area contributed by atoms with Gasteiger partial charge in [0.05, 0.1) is 23.1 Å². The van der Waals surface area contributed by atoms with Crippen LogP contribution in [0.25, 0.3) is 0 Å². The number of nitrogens with zero attached hydrogens (tertiary/aromatic N) is 2. The van der Waals surface area contributed by atoms with Crippen LogP contribution in [0.3, 0.4) is 0 Å². The number of aliphatic hydroxyl groups excluding tert-OH is 1. The summed E-state index contributed by atoms with van der Waals surface area (Å²) in [4.78, 5) is 47.3. The molecule has 2 rings (SSSR count). The minimum atomic E-state index is -1.10. The number of aliphatic hydroxyl groups is 1. The molecule has 132 valence electrons. The zero-order chi connectivity index (χ0) is 18.7. The number of hydrogen-bond acceptors (Lipinski definition) is 7. The van der Waals surface area contributed by atoms with Gasteiger partial charge in [-0.2, -0.15) is 0 Å². The number of carbonyl (C=O) groups excluding carboxylic acids is 3. The smallest absolute Gasteiger partial charge is 0.325 e. The Bertz CT molecular complexity index is 784. The predicted molar refractivity (Wildman–Crippen MR) is 84.5 cm³/mol. The zero-order valence-electron chi connectivity index (χ0n) is 13.6. The molecule has 1 aliphatic rings. The third-order valence-electron chi connectivity index (χ3n) is 3.68. The van der Waals surface area contributed by atoms with Crippen LogP contribution in [-0.4, -0.2) is 45.7 Å². The Kier molecular flexibility index (Phi) is 5.16. The molecule has 1 aliphatic heterocycles. The van der Waals surface area contributed by atoms with Crippen LogP contribution in [0, 0.1) is 10.1 Å². The Morgan fingerprint density at radius 1 is 1.40 bits per heavy atom. The number of ether oxygens (including phenoxy) is 1. The first-order valence-corrected chi connectivity index (χ1v) is 7.42. The van der Waals surface area contributed by atoms with E-state index in [2.05, 4.69) is 0 Å². The Balaban J connectivity index is 2.51. The fourth-order valence-electron chi connectivity index (χ4n) is 2.68. The van der Waals surface area contributed by atoms with Crippen molar-refractivity contribution in [3.05, 3.63) is 51.3 Å². The number of rotatable bonds is 6. The molecule has 1 amide bonds. The number of esters is 1. The van der Waals surface area contributed by atoms with Crippen molar-refractivity contribution in [2.75, 3.05) is 13.2 Å². The predicted octanol–water partition coefficient (Wildman–Crippen LogP) is 1.44. The normalized spacial score (nSPS) is 17.0. The monoisotopic (exact) mass is 348 g/mol. The van der Waals surface area contributed by atoms with Gasteiger partial charge in [0.25, 0.3) is 11.6 Å². The van der Waals surface area contributed by atoms with E-state index in [1.807, 2.05) is 0 Å². The van der Waals surface area contributed by atoms with Crippen molar-refractivity contribution < 1.29 is 29.2 Å². The van der Waals surface area contributed by atoms with Gasteiger partial charge >= 0.3 is 5.97 Å². The van der Waals surface area contributed by atoms with Crippen LogP contribution in [-0.2, 0) is 19.1 Å². The highest BCUT2D eigenvalue weighted by atomic mass is 16.6. The Morgan fingerprint density at radius 2 is 2.08 bits per heavy atom. The number of Topliss-reactive ketones (excluding diaryl/α,β-unsaturated/α-hetero) is 1. The summed E-state index contributed by atoms with van der Waals surface area (Å²) in [5, 5.41) is 21.0. The van der Waals surface area contributed by atoms with Crippen molar-refractivity contribution in [1.29, 1.82) is 0 Å². The van der Waals surface area contributed by atoms with Crippen LogP contribution in [0.2, 0.25) is 0 Å². The van der Waals surface area contributed by atoms with E-state index in [0.29, 0.717) is 0 Å². The first-order chi connectivity index (χ1) is 11.8. The average Bonchev–Trinajstić information content (AvgIpc) is 2.80. The molecule has 9 heteroatoms. The molecule has 0 saturated heterocycles. The Morgan fingerprint density at radius 3 is 2.64 bits per heavy atom. The highest BCUT2D eigenvalue weighted by Crippen LogP contribution is 2.38. The van der Waals surface area contributed by atoms with Crippen molar-refractivity contribution >= 4 is 23.3 Å². The van der Waals surface area contributed by atoms with Gasteiger partial charge in [-0.25, -0.2) is 0 Å². The number of amides is 1. The Hall–Kier alpha value is -3.23. The third-order valence-corrected chi connectivity index (χ3v) is 3.68. The van der Waals surface area contributed by atoms with Crippen LogP contribution in [0.1, 0.15) is 25.5 Å². The van der Waals surface area contributed by atoms with E-state index in [4.69, 9.17) is 4.74 Å². The van der Waals surface area contributed by atoms with Crippen molar-refractivity contribution in [2.24, 2.45) is 0 Å². The summed E-state index contributed by atoms with van der Waals surface area (Å²) >= 11 is 0. The maximum atomic E-state index is 12.3.